The molecule has 0 saturated heterocycles. The maximum absolute atomic E-state index is 12.0. The molecule has 18 heavy (non-hydrogen) atoms. The predicted octanol–water partition coefficient (Wildman–Crippen LogP) is 3.26. The minimum absolute atomic E-state index is 0.0997. The van der Waals surface area contributed by atoms with Crippen molar-refractivity contribution in [2.75, 3.05) is 6.54 Å². The van der Waals surface area contributed by atoms with Crippen molar-refractivity contribution in [3.8, 4) is 0 Å². The summed E-state index contributed by atoms with van der Waals surface area (Å²) in [7, 11) is 0. The molecule has 0 heterocycles. The Hall–Kier alpha value is -0.570. The number of aliphatic hydroxyl groups is 1. The number of rotatable bonds is 10. The molecule has 108 valence electrons. The average Bonchev–Trinajstić information content (AvgIpc) is 2.36. The second kappa shape index (κ2) is 9.37. The fourth-order valence-electron chi connectivity index (χ4n) is 1.88. The van der Waals surface area contributed by atoms with Gasteiger partial charge in [-0.2, -0.15) is 0 Å². The van der Waals surface area contributed by atoms with Crippen LogP contribution in [0.4, 0.5) is 0 Å². The van der Waals surface area contributed by atoms with Crippen LogP contribution in [0.5, 0.6) is 0 Å². The lowest BCUT2D eigenvalue weighted by molar-refractivity contribution is -0.126. The number of carbonyl (C=O) groups is 1. The van der Waals surface area contributed by atoms with E-state index in [0.29, 0.717) is 13.0 Å². The van der Waals surface area contributed by atoms with Crippen LogP contribution in [-0.2, 0) is 4.79 Å². The lowest BCUT2D eigenvalue weighted by Gasteiger charge is -2.23. The number of unbranched alkanes of at least 4 members (excludes halogenated alkanes) is 3. The summed E-state index contributed by atoms with van der Waals surface area (Å²) < 4.78 is 0. The van der Waals surface area contributed by atoms with E-state index >= 15 is 0 Å². The number of hydrogen-bond acceptors (Lipinski definition) is 2. The molecule has 1 amide bonds. The summed E-state index contributed by atoms with van der Waals surface area (Å²) in [6.45, 7) is 8.29. The Balaban J connectivity index is 3.96. The van der Waals surface area contributed by atoms with Gasteiger partial charge in [-0.15, -0.1) is 0 Å². The summed E-state index contributed by atoms with van der Waals surface area (Å²) in [5.74, 6) is 0.206. The van der Waals surface area contributed by atoms with E-state index < -0.39 is 5.60 Å². The zero-order valence-electron chi connectivity index (χ0n) is 12.6. The molecule has 2 N–H and O–H groups in total. The van der Waals surface area contributed by atoms with Crippen molar-refractivity contribution in [1.29, 1.82) is 0 Å². The minimum atomic E-state index is -0.782. The fraction of sp³-hybridized carbons (Fsp3) is 0.933. The Morgan fingerprint density at radius 2 is 1.89 bits per heavy atom. The molecular formula is C15H31NO2. The molecule has 0 aromatic carbocycles. The van der Waals surface area contributed by atoms with Crippen molar-refractivity contribution in [3.63, 3.8) is 0 Å². The van der Waals surface area contributed by atoms with E-state index in [1.807, 2.05) is 6.92 Å². The standard InChI is InChI=1S/C15H31NO2/c1-5-8-9-10-11-13(6-2)14(17)16-12-15(4,18)7-3/h13,18H,5-12H2,1-4H3,(H,16,17)/t13-,15-/m1/s1. The second-order valence-corrected chi connectivity index (χ2v) is 5.52. The molecule has 0 aliphatic carbocycles. The first-order chi connectivity index (χ1) is 8.46. The Kier molecular flexibility index (Phi) is 9.08. The summed E-state index contributed by atoms with van der Waals surface area (Å²) in [5, 5.41) is 12.7. The van der Waals surface area contributed by atoms with Gasteiger partial charge in [-0.3, -0.25) is 4.79 Å². The number of nitrogens with one attached hydrogen (secondary N) is 1. The molecule has 0 spiro atoms. The quantitative estimate of drug-likeness (QED) is 0.590. The first-order valence-corrected chi connectivity index (χ1v) is 7.46. The lowest BCUT2D eigenvalue weighted by atomic mass is 9.96. The Morgan fingerprint density at radius 1 is 1.22 bits per heavy atom. The number of carbonyl (C=O) groups excluding carboxylic acids is 1. The van der Waals surface area contributed by atoms with Gasteiger partial charge in [0.2, 0.25) is 5.91 Å². The first kappa shape index (κ1) is 17.4. The maximum atomic E-state index is 12.0. The van der Waals surface area contributed by atoms with E-state index in [-0.39, 0.29) is 11.8 Å². The molecule has 0 rings (SSSR count). The van der Waals surface area contributed by atoms with Gasteiger partial charge in [0.25, 0.3) is 0 Å². The van der Waals surface area contributed by atoms with E-state index in [1.54, 1.807) is 6.92 Å². The monoisotopic (exact) mass is 257 g/mol. The van der Waals surface area contributed by atoms with Crippen molar-refractivity contribution in [1.82, 2.24) is 5.32 Å². The van der Waals surface area contributed by atoms with Gasteiger partial charge in [-0.1, -0.05) is 46.5 Å². The summed E-state index contributed by atoms with van der Waals surface area (Å²) >= 11 is 0. The van der Waals surface area contributed by atoms with Crippen molar-refractivity contribution in [3.05, 3.63) is 0 Å². The second-order valence-electron chi connectivity index (χ2n) is 5.52. The maximum Gasteiger partial charge on any atom is 0.223 e. The van der Waals surface area contributed by atoms with Crippen LogP contribution >= 0.6 is 0 Å². The zero-order chi connectivity index (χ0) is 14.0. The third-order valence-corrected chi connectivity index (χ3v) is 3.67. The van der Waals surface area contributed by atoms with Crippen LogP contribution in [0.3, 0.4) is 0 Å². The lowest BCUT2D eigenvalue weighted by Crippen LogP contribution is -2.42. The van der Waals surface area contributed by atoms with E-state index in [2.05, 4.69) is 19.2 Å². The molecule has 2 atom stereocenters. The molecule has 3 nitrogen and oxygen atoms in total. The molecule has 0 fully saturated rings. The highest BCUT2D eigenvalue weighted by atomic mass is 16.3. The summed E-state index contributed by atoms with van der Waals surface area (Å²) in [6.07, 6.45) is 7.32. The fourth-order valence-corrected chi connectivity index (χ4v) is 1.88. The molecule has 0 saturated carbocycles. The van der Waals surface area contributed by atoms with Gasteiger partial charge in [-0.05, 0) is 26.2 Å². The van der Waals surface area contributed by atoms with Gasteiger partial charge in [-0.25, -0.2) is 0 Å². The Morgan fingerprint density at radius 3 is 2.39 bits per heavy atom. The highest BCUT2D eigenvalue weighted by molar-refractivity contribution is 5.78. The zero-order valence-corrected chi connectivity index (χ0v) is 12.6. The Labute approximate surface area is 112 Å². The van der Waals surface area contributed by atoms with Crippen LogP contribution in [0.2, 0.25) is 0 Å². The van der Waals surface area contributed by atoms with Gasteiger partial charge in [0.1, 0.15) is 0 Å². The SMILES string of the molecule is CCCCCC[C@@H](CC)C(=O)NC[C@](C)(O)CC. The van der Waals surface area contributed by atoms with Crippen LogP contribution in [-0.4, -0.2) is 23.2 Å². The van der Waals surface area contributed by atoms with E-state index in [4.69, 9.17) is 0 Å². The molecule has 0 radical (unpaired) electrons. The molecule has 0 aliphatic rings. The molecule has 0 bridgehead atoms. The van der Waals surface area contributed by atoms with Gasteiger partial charge >= 0.3 is 0 Å². The number of hydrogen-bond donors (Lipinski definition) is 2. The molecule has 0 aromatic rings. The topological polar surface area (TPSA) is 49.3 Å². The van der Waals surface area contributed by atoms with Crippen LogP contribution in [0, 0.1) is 5.92 Å². The van der Waals surface area contributed by atoms with Crippen molar-refractivity contribution >= 4 is 5.91 Å². The normalized spacial score (nSPS) is 16.1. The molecule has 3 heteroatoms. The highest BCUT2D eigenvalue weighted by Crippen LogP contribution is 2.15. The van der Waals surface area contributed by atoms with Gasteiger partial charge in [0.05, 0.1) is 5.60 Å². The average molecular weight is 257 g/mol. The van der Waals surface area contributed by atoms with Crippen molar-refractivity contribution in [2.24, 2.45) is 5.92 Å². The van der Waals surface area contributed by atoms with Crippen molar-refractivity contribution < 1.29 is 9.90 Å². The molecule has 0 unspecified atom stereocenters. The summed E-state index contributed by atoms with van der Waals surface area (Å²) in [6, 6.07) is 0. The van der Waals surface area contributed by atoms with Crippen LogP contribution in [0.25, 0.3) is 0 Å². The van der Waals surface area contributed by atoms with Gasteiger partial charge < -0.3 is 10.4 Å². The Bertz CT molecular complexity index is 227. The van der Waals surface area contributed by atoms with Crippen molar-refractivity contribution in [2.45, 2.75) is 78.2 Å². The van der Waals surface area contributed by atoms with Gasteiger partial charge in [0, 0.05) is 12.5 Å². The highest BCUT2D eigenvalue weighted by Gasteiger charge is 2.21. The van der Waals surface area contributed by atoms with E-state index in [0.717, 1.165) is 19.3 Å². The van der Waals surface area contributed by atoms with Gasteiger partial charge in [0.15, 0.2) is 0 Å². The third kappa shape index (κ3) is 7.70. The first-order valence-electron chi connectivity index (χ1n) is 7.46. The van der Waals surface area contributed by atoms with Crippen LogP contribution in [0.1, 0.15) is 72.6 Å². The smallest absolute Gasteiger partial charge is 0.223 e. The van der Waals surface area contributed by atoms with E-state index in [1.165, 1.54) is 19.3 Å². The minimum Gasteiger partial charge on any atom is -0.388 e. The molecule has 0 aliphatic heterocycles. The predicted molar refractivity (Wildman–Crippen MR) is 76.5 cm³/mol. The summed E-state index contributed by atoms with van der Waals surface area (Å²) in [5.41, 5.74) is -0.782. The number of amides is 1. The molecule has 0 aromatic heterocycles. The molecular weight excluding hydrogens is 226 g/mol. The van der Waals surface area contributed by atoms with Crippen LogP contribution < -0.4 is 5.32 Å². The third-order valence-electron chi connectivity index (χ3n) is 3.67. The summed E-state index contributed by atoms with van der Waals surface area (Å²) in [4.78, 5) is 12.0. The van der Waals surface area contributed by atoms with Crippen LogP contribution in [0.15, 0.2) is 0 Å². The largest absolute Gasteiger partial charge is 0.388 e. The van der Waals surface area contributed by atoms with E-state index in [9.17, 15) is 9.90 Å².